The molecule has 0 amide bonds. The van der Waals surface area contributed by atoms with E-state index in [0.29, 0.717) is 33.6 Å². The Labute approximate surface area is 217 Å². The first-order valence-electron chi connectivity index (χ1n) is 12.0. The first-order valence-corrected chi connectivity index (χ1v) is 12.0. The molecule has 0 aromatic carbocycles. The van der Waals surface area contributed by atoms with Crippen LogP contribution in [0.4, 0.5) is 0 Å². The summed E-state index contributed by atoms with van der Waals surface area (Å²) < 4.78 is 33.6. The molecule has 4 rings (SSSR count). The average molecular weight is 531 g/mol. The summed E-state index contributed by atoms with van der Waals surface area (Å²) in [4.78, 5) is 46.0. The third-order valence-corrected chi connectivity index (χ3v) is 5.22. The van der Waals surface area contributed by atoms with E-state index in [4.69, 9.17) is 27.8 Å². The zero-order valence-electron chi connectivity index (χ0n) is 21.8. The molecule has 12 heteroatoms. The number of nitrogens with zero attached hydrogens (tertiary/aromatic N) is 2. The first kappa shape index (κ1) is 28.1. The maximum atomic E-state index is 11.9. The molecule has 0 spiro atoms. The van der Waals surface area contributed by atoms with Gasteiger partial charge in [0.15, 0.2) is 24.6 Å². The van der Waals surface area contributed by atoms with E-state index in [1.807, 2.05) is 0 Å². The highest BCUT2D eigenvalue weighted by Crippen LogP contribution is 2.23. The first-order chi connectivity index (χ1) is 18.2. The van der Waals surface area contributed by atoms with Crippen molar-refractivity contribution >= 4 is 46.1 Å². The van der Waals surface area contributed by atoms with E-state index in [2.05, 4.69) is 0 Å². The Bertz CT molecular complexity index is 1420. The monoisotopic (exact) mass is 530 g/mol. The number of carbonyl (C=O) groups is 4. The number of esters is 4. The molecule has 4 aromatic rings. The number of carbonyl (C=O) groups excluding carboxylic acids is 4. The van der Waals surface area contributed by atoms with Gasteiger partial charge < -0.3 is 27.8 Å². The van der Waals surface area contributed by atoms with Gasteiger partial charge in [-0.15, -0.1) is 0 Å². The lowest BCUT2D eigenvalue weighted by atomic mass is 10.2. The minimum Gasteiger partial charge on any atom is -0.463 e. The highest BCUT2D eigenvalue weighted by molar-refractivity contribution is 5.94. The summed E-state index contributed by atoms with van der Waals surface area (Å²) in [7, 11) is 0. The van der Waals surface area contributed by atoms with E-state index in [1.165, 1.54) is 24.0 Å². The number of ether oxygens (including phenoxy) is 4. The largest absolute Gasteiger partial charge is 0.463 e. The second-order valence-corrected chi connectivity index (χ2v) is 8.21. The summed E-state index contributed by atoms with van der Waals surface area (Å²) in [5.41, 5.74) is 3.06. The van der Waals surface area contributed by atoms with Crippen LogP contribution < -0.4 is 0 Å². The lowest BCUT2D eigenvalue weighted by Crippen LogP contribution is -2.18. The molecule has 0 saturated carbocycles. The molecule has 12 nitrogen and oxygen atoms in total. The van der Waals surface area contributed by atoms with Gasteiger partial charge in [0.1, 0.15) is 11.4 Å². The van der Waals surface area contributed by atoms with Crippen LogP contribution in [0.15, 0.2) is 45.6 Å². The third kappa shape index (κ3) is 6.44. The normalized spacial score (nSPS) is 10.8. The molecule has 0 radical (unpaired) electrons. The molecule has 0 aliphatic rings. The van der Waals surface area contributed by atoms with Gasteiger partial charge in [-0.1, -0.05) is 13.8 Å². The number of hydrogen-bond acceptors (Lipinski definition) is 10. The van der Waals surface area contributed by atoms with Crippen LogP contribution in [0.2, 0.25) is 0 Å². The zero-order chi connectivity index (χ0) is 27.8. The van der Waals surface area contributed by atoms with Gasteiger partial charge in [0.25, 0.3) is 0 Å². The predicted octanol–water partition coefficient (Wildman–Crippen LogP) is 4.50. The number of aromatic nitrogens is 2. The fourth-order valence-electron chi connectivity index (χ4n) is 3.43. The maximum absolute atomic E-state index is 11.9. The molecule has 204 valence electrons. The third-order valence-electron chi connectivity index (χ3n) is 5.22. The van der Waals surface area contributed by atoms with E-state index in [0.717, 1.165) is 0 Å². The van der Waals surface area contributed by atoms with Gasteiger partial charge in [0.05, 0.1) is 42.7 Å². The summed E-state index contributed by atoms with van der Waals surface area (Å²) >= 11 is 0. The van der Waals surface area contributed by atoms with Gasteiger partial charge >= 0.3 is 23.9 Å². The molecule has 0 atom stereocenters. The molecule has 4 aromatic heterocycles. The minimum absolute atomic E-state index is 0.0474. The van der Waals surface area contributed by atoms with E-state index < -0.39 is 17.9 Å². The number of rotatable bonds is 9. The maximum Gasteiger partial charge on any atom is 0.355 e. The zero-order valence-corrected chi connectivity index (χ0v) is 21.8. The summed E-state index contributed by atoms with van der Waals surface area (Å²) in [5.74, 6) is -1.92. The topological polar surface area (TPSA) is 141 Å². The summed E-state index contributed by atoms with van der Waals surface area (Å²) in [5, 5.41) is 0. The van der Waals surface area contributed by atoms with Gasteiger partial charge in [-0.05, 0) is 13.8 Å². The van der Waals surface area contributed by atoms with Crippen molar-refractivity contribution in [2.45, 2.75) is 48.1 Å². The Morgan fingerprint density at radius 2 is 1.21 bits per heavy atom. The fraction of sp³-hybridized carbons (Fsp3) is 0.385. The second-order valence-electron chi connectivity index (χ2n) is 8.21. The number of furan rings is 2. The standard InChI is InChI=1S/C14H17NO5.C12H13NO5/c1-4-18-14(17)11-7-12-10(5-6-19-12)15(11)8-20-13(16)9(2)3;1-3-16-12(15)10-6-11-9(4-5-17-11)13(10)7-18-8(2)14/h5-7,9H,4,8H2,1-3H3;4-6H,3,7H2,1-2H3. The molecule has 0 bridgehead atoms. The SMILES string of the molecule is CCOC(=O)c1cc2occc2n1COC(=O)C(C)C.CCOC(=O)c1cc2occc2n1COC(C)=O. The lowest BCUT2D eigenvalue weighted by molar-refractivity contribution is -0.151. The Morgan fingerprint density at radius 3 is 1.61 bits per heavy atom. The van der Waals surface area contributed by atoms with Crippen LogP contribution >= 0.6 is 0 Å². The van der Waals surface area contributed by atoms with Crippen molar-refractivity contribution in [3.05, 3.63) is 48.2 Å². The minimum atomic E-state index is -0.476. The van der Waals surface area contributed by atoms with Gasteiger partial charge in [-0.2, -0.15) is 0 Å². The van der Waals surface area contributed by atoms with Crippen LogP contribution in [-0.2, 0) is 42.0 Å². The quantitative estimate of drug-likeness (QED) is 0.224. The Balaban J connectivity index is 0.000000212. The second kappa shape index (κ2) is 12.7. The van der Waals surface area contributed by atoms with Crippen molar-refractivity contribution in [2.75, 3.05) is 13.2 Å². The van der Waals surface area contributed by atoms with Gasteiger partial charge in [-0.25, -0.2) is 9.59 Å². The van der Waals surface area contributed by atoms with Crippen LogP contribution in [0.1, 0.15) is 55.6 Å². The molecule has 0 aliphatic carbocycles. The molecular weight excluding hydrogens is 500 g/mol. The molecule has 38 heavy (non-hydrogen) atoms. The summed E-state index contributed by atoms with van der Waals surface area (Å²) in [6.45, 7) is 8.71. The Kier molecular flexibility index (Phi) is 9.36. The summed E-state index contributed by atoms with van der Waals surface area (Å²) in [6.07, 6.45) is 3.02. The predicted molar refractivity (Wildman–Crippen MR) is 133 cm³/mol. The van der Waals surface area contributed by atoms with Crippen LogP contribution in [0, 0.1) is 5.92 Å². The molecular formula is C26H30N2O10. The number of fused-ring (bicyclic) bond motifs is 2. The number of hydrogen-bond donors (Lipinski definition) is 0. The van der Waals surface area contributed by atoms with Crippen LogP contribution in [0.5, 0.6) is 0 Å². The molecule has 0 unspecified atom stereocenters. The lowest BCUT2D eigenvalue weighted by Gasteiger charge is -2.11. The molecule has 0 saturated heterocycles. The van der Waals surface area contributed by atoms with Crippen molar-refractivity contribution in [1.82, 2.24) is 9.13 Å². The van der Waals surface area contributed by atoms with E-state index in [1.54, 1.807) is 56.5 Å². The van der Waals surface area contributed by atoms with Crippen LogP contribution in [-0.4, -0.2) is 46.2 Å². The molecule has 4 heterocycles. The molecule has 0 fully saturated rings. The van der Waals surface area contributed by atoms with Crippen molar-refractivity contribution in [3.63, 3.8) is 0 Å². The van der Waals surface area contributed by atoms with Crippen molar-refractivity contribution < 1.29 is 47.0 Å². The smallest absolute Gasteiger partial charge is 0.355 e. The highest BCUT2D eigenvalue weighted by atomic mass is 16.6. The molecule has 0 N–H and O–H groups in total. The van der Waals surface area contributed by atoms with Crippen molar-refractivity contribution in [3.8, 4) is 0 Å². The van der Waals surface area contributed by atoms with E-state index in [-0.39, 0.29) is 38.6 Å². The van der Waals surface area contributed by atoms with Crippen molar-refractivity contribution in [2.24, 2.45) is 5.92 Å². The van der Waals surface area contributed by atoms with E-state index in [9.17, 15) is 19.2 Å². The van der Waals surface area contributed by atoms with Crippen LogP contribution in [0.3, 0.4) is 0 Å². The van der Waals surface area contributed by atoms with Gasteiger partial charge in [0, 0.05) is 31.2 Å². The Hall–Kier alpha value is -4.48. The van der Waals surface area contributed by atoms with E-state index >= 15 is 0 Å². The van der Waals surface area contributed by atoms with Crippen LogP contribution in [0.25, 0.3) is 22.2 Å². The highest BCUT2D eigenvalue weighted by Gasteiger charge is 2.20. The Morgan fingerprint density at radius 1 is 0.763 bits per heavy atom. The van der Waals surface area contributed by atoms with Crippen molar-refractivity contribution in [1.29, 1.82) is 0 Å². The van der Waals surface area contributed by atoms with Gasteiger partial charge in [-0.3, -0.25) is 18.7 Å². The summed E-state index contributed by atoms with van der Waals surface area (Å²) in [6, 6.07) is 6.55. The molecule has 0 aliphatic heterocycles. The average Bonchev–Trinajstić information content (AvgIpc) is 3.63. The van der Waals surface area contributed by atoms with Gasteiger partial charge in [0.2, 0.25) is 0 Å². The fourth-order valence-corrected chi connectivity index (χ4v) is 3.43.